The smallest absolute Gasteiger partial charge is 0.271 e. The number of aryl methyl sites for hydroxylation is 1. The number of non-ortho nitro benzene ring substituents is 1. The second-order valence-electron chi connectivity index (χ2n) is 4.93. The lowest BCUT2D eigenvalue weighted by Gasteiger charge is -2.06. The molecule has 3 rings (SSSR count). The number of nitro benzene ring substituents is 1. The number of anilines is 1. The Balaban J connectivity index is 1.79. The number of rotatable bonds is 4. The van der Waals surface area contributed by atoms with E-state index in [2.05, 4.69) is 15.3 Å². The number of nitro groups is 1. The summed E-state index contributed by atoms with van der Waals surface area (Å²) in [6, 6.07) is 10.3. The van der Waals surface area contributed by atoms with Gasteiger partial charge in [0.05, 0.1) is 33.2 Å². The van der Waals surface area contributed by atoms with Crippen LogP contribution in [-0.4, -0.2) is 14.9 Å². The van der Waals surface area contributed by atoms with Crippen molar-refractivity contribution in [1.29, 1.82) is 0 Å². The predicted molar refractivity (Wildman–Crippen MR) is 86.3 cm³/mol. The Bertz CT molecular complexity index is 860. The fourth-order valence-electron chi connectivity index (χ4n) is 2.25. The maximum Gasteiger partial charge on any atom is 0.271 e. The van der Waals surface area contributed by atoms with Gasteiger partial charge in [0.25, 0.3) is 5.69 Å². The molecule has 0 unspecified atom stereocenters. The Morgan fingerprint density at radius 3 is 2.86 bits per heavy atom. The van der Waals surface area contributed by atoms with Crippen molar-refractivity contribution in [2.45, 2.75) is 13.5 Å². The SMILES string of the molecule is Cc1cccc2[nH]c(CNc3ccc([N+](=O)[O-])cc3Cl)nc12. The summed E-state index contributed by atoms with van der Waals surface area (Å²) in [4.78, 5) is 18.0. The van der Waals surface area contributed by atoms with Crippen LogP contribution in [0.5, 0.6) is 0 Å². The van der Waals surface area contributed by atoms with Gasteiger partial charge in [-0.3, -0.25) is 10.1 Å². The molecule has 0 spiro atoms. The highest BCUT2D eigenvalue weighted by molar-refractivity contribution is 6.33. The Hall–Kier alpha value is -2.60. The average Bonchev–Trinajstić information content (AvgIpc) is 2.90. The van der Waals surface area contributed by atoms with E-state index in [0.29, 0.717) is 17.3 Å². The van der Waals surface area contributed by atoms with Crippen LogP contribution in [0.4, 0.5) is 11.4 Å². The number of H-pyrrole nitrogens is 1. The van der Waals surface area contributed by atoms with E-state index < -0.39 is 4.92 Å². The van der Waals surface area contributed by atoms with E-state index in [1.165, 1.54) is 12.1 Å². The lowest BCUT2D eigenvalue weighted by atomic mass is 10.2. The molecule has 3 aromatic rings. The molecule has 0 atom stereocenters. The van der Waals surface area contributed by atoms with Crippen molar-refractivity contribution in [2.75, 3.05) is 5.32 Å². The monoisotopic (exact) mass is 316 g/mol. The summed E-state index contributed by atoms with van der Waals surface area (Å²) < 4.78 is 0. The predicted octanol–water partition coefficient (Wildman–Crippen LogP) is 4.05. The van der Waals surface area contributed by atoms with Gasteiger partial charge in [-0.1, -0.05) is 23.7 Å². The number of halogens is 1. The van der Waals surface area contributed by atoms with Gasteiger partial charge in [0.15, 0.2) is 0 Å². The van der Waals surface area contributed by atoms with Crippen molar-refractivity contribution >= 4 is 34.0 Å². The number of hydrogen-bond acceptors (Lipinski definition) is 4. The molecular formula is C15H13ClN4O2. The van der Waals surface area contributed by atoms with Crippen LogP contribution >= 0.6 is 11.6 Å². The molecule has 2 N–H and O–H groups in total. The Morgan fingerprint density at radius 1 is 1.36 bits per heavy atom. The van der Waals surface area contributed by atoms with Crippen LogP contribution in [-0.2, 0) is 6.54 Å². The Morgan fingerprint density at radius 2 is 2.18 bits per heavy atom. The number of hydrogen-bond donors (Lipinski definition) is 2. The quantitative estimate of drug-likeness (QED) is 0.562. The van der Waals surface area contributed by atoms with Crippen molar-refractivity contribution in [2.24, 2.45) is 0 Å². The third kappa shape index (κ3) is 2.73. The topological polar surface area (TPSA) is 83.8 Å². The van der Waals surface area contributed by atoms with Crippen LogP contribution in [0.1, 0.15) is 11.4 Å². The van der Waals surface area contributed by atoms with Crippen molar-refractivity contribution in [3.8, 4) is 0 Å². The van der Waals surface area contributed by atoms with Crippen LogP contribution in [0.3, 0.4) is 0 Å². The summed E-state index contributed by atoms with van der Waals surface area (Å²) >= 11 is 6.05. The zero-order valence-electron chi connectivity index (χ0n) is 11.8. The van der Waals surface area contributed by atoms with Gasteiger partial charge in [-0.2, -0.15) is 0 Å². The summed E-state index contributed by atoms with van der Waals surface area (Å²) in [5, 5.41) is 14.1. The maximum atomic E-state index is 10.7. The molecule has 0 radical (unpaired) electrons. The highest BCUT2D eigenvalue weighted by Crippen LogP contribution is 2.27. The molecule has 1 heterocycles. The highest BCUT2D eigenvalue weighted by Gasteiger charge is 2.10. The van der Waals surface area contributed by atoms with Crippen LogP contribution < -0.4 is 5.32 Å². The van der Waals surface area contributed by atoms with Gasteiger partial charge in [-0.25, -0.2) is 4.98 Å². The second-order valence-corrected chi connectivity index (χ2v) is 5.34. The molecule has 0 saturated carbocycles. The molecule has 2 aromatic carbocycles. The molecule has 1 aromatic heterocycles. The third-order valence-electron chi connectivity index (χ3n) is 3.37. The first kappa shape index (κ1) is 14.3. The first-order valence-corrected chi connectivity index (χ1v) is 7.04. The lowest BCUT2D eigenvalue weighted by molar-refractivity contribution is -0.384. The van der Waals surface area contributed by atoms with E-state index in [1.54, 1.807) is 6.07 Å². The van der Waals surface area contributed by atoms with Gasteiger partial charge in [0.2, 0.25) is 0 Å². The zero-order valence-corrected chi connectivity index (χ0v) is 12.5. The highest BCUT2D eigenvalue weighted by atomic mass is 35.5. The normalized spacial score (nSPS) is 10.8. The van der Waals surface area contributed by atoms with Gasteiger partial charge >= 0.3 is 0 Å². The summed E-state index contributed by atoms with van der Waals surface area (Å²) in [6.07, 6.45) is 0. The van der Waals surface area contributed by atoms with E-state index in [1.807, 2.05) is 25.1 Å². The van der Waals surface area contributed by atoms with Crippen molar-refractivity contribution in [1.82, 2.24) is 9.97 Å². The fraction of sp³-hybridized carbons (Fsp3) is 0.133. The second kappa shape index (κ2) is 5.65. The molecule has 0 amide bonds. The first-order chi connectivity index (χ1) is 10.5. The molecule has 0 bridgehead atoms. The molecule has 0 aliphatic carbocycles. The van der Waals surface area contributed by atoms with Crippen LogP contribution in [0.25, 0.3) is 11.0 Å². The number of fused-ring (bicyclic) bond motifs is 1. The van der Waals surface area contributed by atoms with Gasteiger partial charge in [-0.05, 0) is 24.6 Å². The van der Waals surface area contributed by atoms with Gasteiger partial charge in [-0.15, -0.1) is 0 Å². The minimum atomic E-state index is -0.475. The summed E-state index contributed by atoms with van der Waals surface area (Å²) in [5.41, 5.74) is 3.62. The zero-order chi connectivity index (χ0) is 15.7. The van der Waals surface area contributed by atoms with E-state index >= 15 is 0 Å². The van der Waals surface area contributed by atoms with Crippen LogP contribution in [0.15, 0.2) is 36.4 Å². The minimum absolute atomic E-state index is 0.0325. The summed E-state index contributed by atoms with van der Waals surface area (Å²) in [7, 11) is 0. The number of aromatic nitrogens is 2. The van der Waals surface area contributed by atoms with Crippen molar-refractivity contribution < 1.29 is 4.92 Å². The van der Waals surface area contributed by atoms with Crippen molar-refractivity contribution in [3.05, 3.63) is 62.9 Å². The fourth-order valence-corrected chi connectivity index (χ4v) is 2.49. The number of para-hydroxylation sites is 1. The Labute approximate surface area is 131 Å². The number of nitrogens with one attached hydrogen (secondary N) is 2. The molecule has 0 saturated heterocycles. The number of benzene rings is 2. The largest absolute Gasteiger partial charge is 0.377 e. The molecular weight excluding hydrogens is 304 g/mol. The molecule has 0 aliphatic rings. The first-order valence-electron chi connectivity index (χ1n) is 6.66. The van der Waals surface area contributed by atoms with Crippen molar-refractivity contribution in [3.63, 3.8) is 0 Å². The molecule has 6 nitrogen and oxygen atoms in total. The van der Waals surface area contributed by atoms with E-state index in [9.17, 15) is 10.1 Å². The van der Waals surface area contributed by atoms with E-state index in [4.69, 9.17) is 11.6 Å². The van der Waals surface area contributed by atoms with Crippen LogP contribution in [0, 0.1) is 17.0 Å². The number of aromatic amines is 1. The standard InChI is InChI=1S/C15H13ClN4O2/c1-9-3-2-4-13-15(9)19-14(18-13)8-17-12-6-5-10(20(21)22)7-11(12)16/h2-7,17H,8H2,1H3,(H,18,19). The van der Waals surface area contributed by atoms with Crippen LogP contribution in [0.2, 0.25) is 5.02 Å². The molecule has 0 aliphatic heterocycles. The summed E-state index contributed by atoms with van der Waals surface area (Å²) in [6.45, 7) is 2.46. The molecule has 22 heavy (non-hydrogen) atoms. The van der Waals surface area contributed by atoms with Gasteiger partial charge < -0.3 is 10.3 Å². The molecule has 7 heteroatoms. The maximum absolute atomic E-state index is 10.7. The van der Waals surface area contributed by atoms with Gasteiger partial charge in [0, 0.05) is 12.1 Å². The lowest BCUT2D eigenvalue weighted by Crippen LogP contribution is -2.02. The number of imidazole rings is 1. The molecule has 0 fully saturated rings. The van der Waals surface area contributed by atoms with Gasteiger partial charge in [0.1, 0.15) is 5.82 Å². The van der Waals surface area contributed by atoms with E-state index in [0.717, 1.165) is 22.4 Å². The van der Waals surface area contributed by atoms with E-state index in [-0.39, 0.29) is 5.69 Å². The third-order valence-corrected chi connectivity index (χ3v) is 3.69. The summed E-state index contributed by atoms with van der Waals surface area (Å²) in [5.74, 6) is 0.777. The average molecular weight is 317 g/mol. The minimum Gasteiger partial charge on any atom is -0.377 e. The Kier molecular flexibility index (Phi) is 3.68. The number of nitrogens with zero attached hydrogens (tertiary/aromatic N) is 2. The molecule has 112 valence electrons.